The molecule has 0 radical (unpaired) electrons. The van der Waals surface area contributed by atoms with E-state index in [1.54, 1.807) is 10.6 Å². The van der Waals surface area contributed by atoms with Gasteiger partial charge in [-0.1, -0.05) is 20.8 Å². The molecule has 0 N–H and O–H groups in total. The fraction of sp³-hybridized carbons (Fsp3) is 0.250. The van der Waals surface area contributed by atoms with Crippen molar-refractivity contribution in [2.45, 2.75) is 27.3 Å². The van der Waals surface area contributed by atoms with Gasteiger partial charge < -0.3 is 0 Å². The Kier molecular flexibility index (Phi) is 3.96. The standard InChI is InChI=1S/C20H19N7/c1-20(2,3)12-26-11-15(10-23-26)17-5-4-16(9-21)25-19(17)14-6-7-27-18(8-14)22-13-24-27/h4-8,10-11,13H,12H2,1-3H3. The monoisotopic (exact) mass is 357 g/mol. The molecule has 0 bridgehead atoms. The first-order chi connectivity index (χ1) is 12.9. The molecule has 0 spiro atoms. The van der Waals surface area contributed by atoms with Gasteiger partial charge in [0.15, 0.2) is 5.65 Å². The van der Waals surface area contributed by atoms with Crippen LogP contribution in [-0.4, -0.2) is 29.4 Å². The molecule has 0 aromatic carbocycles. The van der Waals surface area contributed by atoms with Crippen LogP contribution in [0, 0.1) is 16.7 Å². The van der Waals surface area contributed by atoms with E-state index in [-0.39, 0.29) is 5.41 Å². The lowest BCUT2D eigenvalue weighted by Gasteiger charge is -2.17. The van der Waals surface area contributed by atoms with E-state index in [1.165, 1.54) is 6.33 Å². The topological polar surface area (TPSA) is 84.7 Å². The second kappa shape index (κ2) is 6.32. The zero-order valence-electron chi connectivity index (χ0n) is 15.5. The van der Waals surface area contributed by atoms with Crippen LogP contribution in [0.5, 0.6) is 0 Å². The third-order valence-corrected chi connectivity index (χ3v) is 4.14. The molecular weight excluding hydrogens is 338 g/mol. The first-order valence-electron chi connectivity index (χ1n) is 8.67. The summed E-state index contributed by atoms with van der Waals surface area (Å²) in [5.41, 5.74) is 4.74. The Morgan fingerprint density at radius 3 is 2.74 bits per heavy atom. The number of rotatable bonds is 3. The van der Waals surface area contributed by atoms with E-state index in [1.807, 2.05) is 41.5 Å². The normalized spacial score (nSPS) is 11.6. The summed E-state index contributed by atoms with van der Waals surface area (Å²) in [5, 5.41) is 17.9. The Morgan fingerprint density at radius 2 is 1.96 bits per heavy atom. The minimum Gasteiger partial charge on any atom is -0.272 e. The summed E-state index contributed by atoms with van der Waals surface area (Å²) in [5.74, 6) is 0. The number of aromatic nitrogens is 6. The van der Waals surface area contributed by atoms with Crippen LogP contribution in [0.3, 0.4) is 0 Å². The predicted octanol–water partition coefficient (Wildman–Crippen LogP) is 3.57. The third kappa shape index (κ3) is 3.42. The number of hydrogen-bond acceptors (Lipinski definition) is 5. The van der Waals surface area contributed by atoms with Gasteiger partial charge in [0.2, 0.25) is 0 Å². The average Bonchev–Trinajstić information content (AvgIpc) is 3.28. The van der Waals surface area contributed by atoms with Gasteiger partial charge in [-0.2, -0.15) is 15.5 Å². The Labute approximate surface area is 156 Å². The molecule has 0 atom stereocenters. The first-order valence-corrected chi connectivity index (χ1v) is 8.67. The molecule has 4 aromatic heterocycles. The molecule has 4 rings (SSSR count). The molecule has 4 heterocycles. The summed E-state index contributed by atoms with van der Waals surface area (Å²) in [4.78, 5) is 8.79. The van der Waals surface area contributed by atoms with E-state index in [9.17, 15) is 5.26 Å². The molecule has 7 heteroatoms. The minimum absolute atomic E-state index is 0.133. The maximum atomic E-state index is 9.29. The molecule has 0 unspecified atom stereocenters. The molecular formula is C20H19N7. The van der Waals surface area contributed by atoms with Gasteiger partial charge in [-0.15, -0.1) is 0 Å². The molecule has 0 aliphatic carbocycles. The zero-order chi connectivity index (χ0) is 19.0. The molecule has 4 aromatic rings. The fourth-order valence-corrected chi connectivity index (χ4v) is 3.01. The van der Waals surface area contributed by atoms with Gasteiger partial charge in [0.05, 0.1) is 11.9 Å². The van der Waals surface area contributed by atoms with E-state index >= 15 is 0 Å². The lowest BCUT2D eigenvalue weighted by atomic mass is 9.97. The van der Waals surface area contributed by atoms with Crippen LogP contribution in [0.2, 0.25) is 0 Å². The highest BCUT2D eigenvalue weighted by Gasteiger charge is 2.16. The molecule has 0 saturated heterocycles. The molecule has 7 nitrogen and oxygen atoms in total. The molecule has 134 valence electrons. The number of nitriles is 1. The second-order valence-corrected chi connectivity index (χ2v) is 7.67. The maximum absolute atomic E-state index is 9.29. The Morgan fingerprint density at radius 1 is 1.11 bits per heavy atom. The summed E-state index contributed by atoms with van der Waals surface area (Å²) in [7, 11) is 0. The van der Waals surface area contributed by atoms with Crippen molar-refractivity contribution in [2.75, 3.05) is 0 Å². The van der Waals surface area contributed by atoms with Crippen molar-refractivity contribution < 1.29 is 0 Å². The van der Waals surface area contributed by atoms with Crippen LogP contribution in [0.1, 0.15) is 26.5 Å². The van der Waals surface area contributed by atoms with Gasteiger partial charge in [-0.05, 0) is 29.7 Å². The van der Waals surface area contributed by atoms with Crippen molar-refractivity contribution >= 4 is 5.65 Å². The number of fused-ring (bicyclic) bond motifs is 1. The molecule has 0 fully saturated rings. The van der Waals surface area contributed by atoms with E-state index < -0.39 is 0 Å². The Balaban J connectivity index is 1.83. The van der Waals surface area contributed by atoms with Crippen LogP contribution >= 0.6 is 0 Å². The summed E-state index contributed by atoms with van der Waals surface area (Å²) < 4.78 is 3.64. The van der Waals surface area contributed by atoms with Gasteiger partial charge in [0.1, 0.15) is 18.1 Å². The fourth-order valence-electron chi connectivity index (χ4n) is 3.01. The van der Waals surface area contributed by atoms with Crippen molar-refractivity contribution in [2.24, 2.45) is 5.41 Å². The average molecular weight is 357 g/mol. The Bertz CT molecular complexity index is 1150. The van der Waals surface area contributed by atoms with E-state index in [4.69, 9.17) is 0 Å². The molecule has 0 aliphatic rings. The summed E-state index contributed by atoms with van der Waals surface area (Å²) in [6.45, 7) is 7.35. The minimum atomic E-state index is 0.133. The van der Waals surface area contributed by atoms with E-state index in [0.29, 0.717) is 5.69 Å². The smallest absolute Gasteiger partial charge is 0.155 e. The molecule has 0 aliphatic heterocycles. The van der Waals surface area contributed by atoms with Gasteiger partial charge in [0.25, 0.3) is 0 Å². The number of nitrogens with zero attached hydrogens (tertiary/aromatic N) is 7. The lowest BCUT2D eigenvalue weighted by Crippen LogP contribution is -2.15. The zero-order valence-corrected chi connectivity index (χ0v) is 15.5. The number of hydrogen-bond donors (Lipinski definition) is 0. The lowest BCUT2D eigenvalue weighted by molar-refractivity contribution is 0.325. The van der Waals surface area contributed by atoms with Gasteiger partial charge in [0, 0.05) is 35.6 Å². The van der Waals surface area contributed by atoms with E-state index in [2.05, 4.69) is 47.0 Å². The largest absolute Gasteiger partial charge is 0.272 e. The molecule has 0 saturated carbocycles. The highest BCUT2D eigenvalue weighted by molar-refractivity contribution is 5.81. The van der Waals surface area contributed by atoms with Crippen LogP contribution in [0.4, 0.5) is 0 Å². The summed E-state index contributed by atoms with van der Waals surface area (Å²) in [6.07, 6.45) is 7.21. The van der Waals surface area contributed by atoms with Crippen molar-refractivity contribution in [3.05, 3.63) is 54.9 Å². The highest BCUT2D eigenvalue weighted by atomic mass is 15.3. The van der Waals surface area contributed by atoms with Gasteiger partial charge >= 0.3 is 0 Å². The number of pyridine rings is 2. The van der Waals surface area contributed by atoms with Crippen molar-refractivity contribution in [1.82, 2.24) is 29.4 Å². The van der Waals surface area contributed by atoms with Crippen LogP contribution in [0.15, 0.2) is 49.2 Å². The van der Waals surface area contributed by atoms with Crippen LogP contribution in [-0.2, 0) is 6.54 Å². The van der Waals surface area contributed by atoms with Crippen molar-refractivity contribution in [1.29, 1.82) is 5.26 Å². The maximum Gasteiger partial charge on any atom is 0.155 e. The highest BCUT2D eigenvalue weighted by Crippen LogP contribution is 2.31. The SMILES string of the molecule is CC(C)(C)Cn1cc(-c2ccc(C#N)nc2-c2ccn3ncnc3c2)cn1. The van der Waals surface area contributed by atoms with Crippen LogP contribution in [0.25, 0.3) is 28.0 Å². The van der Waals surface area contributed by atoms with Gasteiger partial charge in [-0.3, -0.25) is 4.68 Å². The van der Waals surface area contributed by atoms with Crippen molar-refractivity contribution in [3.8, 4) is 28.5 Å². The second-order valence-electron chi connectivity index (χ2n) is 7.67. The predicted molar refractivity (Wildman–Crippen MR) is 102 cm³/mol. The third-order valence-electron chi connectivity index (χ3n) is 4.14. The van der Waals surface area contributed by atoms with Crippen LogP contribution < -0.4 is 0 Å². The summed E-state index contributed by atoms with van der Waals surface area (Å²) in [6, 6.07) is 9.62. The Hall–Kier alpha value is -3.53. The van der Waals surface area contributed by atoms with E-state index in [0.717, 1.165) is 34.6 Å². The quantitative estimate of drug-likeness (QED) is 0.559. The van der Waals surface area contributed by atoms with Gasteiger partial charge in [-0.25, -0.2) is 14.5 Å². The molecule has 0 amide bonds. The van der Waals surface area contributed by atoms with Crippen molar-refractivity contribution in [3.63, 3.8) is 0 Å². The summed E-state index contributed by atoms with van der Waals surface area (Å²) >= 11 is 0. The first kappa shape index (κ1) is 16.9. The molecule has 27 heavy (non-hydrogen) atoms.